The summed E-state index contributed by atoms with van der Waals surface area (Å²) in [4.78, 5) is 4.52. The summed E-state index contributed by atoms with van der Waals surface area (Å²) in [5, 5.41) is 6.25. The molecule has 1 unspecified atom stereocenters. The first-order valence-electron chi connectivity index (χ1n) is 7.97. The van der Waals surface area contributed by atoms with Crippen LogP contribution in [0.5, 0.6) is 0 Å². The van der Waals surface area contributed by atoms with Gasteiger partial charge in [0.1, 0.15) is 11.5 Å². The Kier molecular flexibility index (Phi) is 4.91. The molecule has 2 aromatic rings. The van der Waals surface area contributed by atoms with E-state index in [0.717, 1.165) is 12.0 Å². The second-order valence-corrected chi connectivity index (χ2v) is 5.92. The van der Waals surface area contributed by atoms with Gasteiger partial charge in [0.05, 0.1) is 0 Å². The van der Waals surface area contributed by atoms with Gasteiger partial charge in [-0.15, -0.1) is 0 Å². The number of aliphatic imine (C=N–C) groups is 1. The fourth-order valence-corrected chi connectivity index (χ4v) is 2.68. The van der Waals surface area contributed by atoms with E-state index in [1.807, 2.05) is 30.3 Å². The minimum Gasteiger partial charge on any atom is -0.334 e. The number of hydrogen-bond donors (Lipinski definition) is 3. The highest BCUT2D eigenvalue weighted by Gasteiger charge is 2.26. The number of nitrogens with zero attached hydrogens (tertiary/aromatic N) is 1. The van der Waals surface area contributed by atoms with Gasteiger partial charge in [0, 0.05) is 19.2 Å². The van der Waals surface area contributed by atoms with Crippen LogP contribution in [0.3, 0.4) is 0 Å². The molecule has 0 spiro atoms. The van der Waals surface area contributed by atoms with Gasteiger partial charge in [0.2, 0.25) is 0 Å². The first-order valence-corrected chi connectivity index (χ1v) is 7.97. The van der Waals surface area contributed by atoms with Crippen molar-refractivity contribution in [3.63, 3.8) is 0 Å². The van der Waals surface area contributed by atoms with E-state index < -0.39 is 5.66 Å². The Morgan fingerprint density at radius 3 is 2.62 bits per heavy atom. The van der Waals surface area contributed by atoms with Crippen LogP contribution in [0.4, 0.5) is 4.39 Å². The fourth-order valence-electron chi connectivity index (χ4n) is 2.68. The lowest BCUT2D eigenvalue weighted by Gasteiger charge is -2.32. The highest BCUT2D eigenvalue weighted by Crippen LogP contribution is 2.13. The largest absolute Gasteiger partial charge is 0.334 e. The summed E-state index contributed by atoms with van der Waals surface area (Å²) in [5.41, 5.74) is 7.66. The molecule has 24 heavy (non-hydrogen) atoms. The molecule has 0 aromatic heterocycles. The lowest BCUT2D eigenvalue weighted by atomic mass is 9.99. The SMILES string of the molecule is NC1(Cc2cccc(F)c2)C=CNC(=NCCc2ccccc2)N1. The molecule has 5 heteroatoms. The molecule has 124 valence electrons. The molecule has 0 aliphatic carbocycles. The van der Waals surface area contributed by atoms with Gasteiger partial charge >= 0.3 is 0 Å². The van der Waals surface area contributed by atoms with Crippen molar-refractivity contribution in [2.45, 2.75) is 18.5 Å². The number of nitrogens with two attached hydrogens (primary N) is 1. The Bertz CT molecular complexity index is 742. The van der Waals surface area contributed by atoms with Gasteiger partial charge in [0.25, 0.3) is 0 Å². The van der Waals surface area contributed by atoms with Gasteiger partial charge < -0.3 is 16.4 Å². The van der Waals surface area contributed by atoms with E-state index >= 15 is 0 Å². The van der Waals surface area contributed by atoms with Crippen LogP contribution in [0.15, 0.2) is 71.9 Å². The Hall–Kier alpha value is -2.66. The topological polar surface area (TPSA) is 62.4 Å². The van der Waals surface area contributed by atoms with Crippen molar-refractivity contribution in [2.24, 2.45) is 10.7 Å². The number of benzene rings is 2. The summed E-state index contributed by atoms with van der Waals surface area (Å²) >= 11 is 0. The highest BCUT2D eigenvalue weighted by molar-refractivity contribution is 5.83. The molecule has 0 fully saturated rings. The average Bonchev–Trinajstić information content (AvgIpc) is 2.55. The predicted octanol–water partition coefficient (Wildman–Crippen LogP) is 2.33. The summed E-state index contributed by atoms with van der Waals surface area (Å²) in [6.45, 7) is 0.656. The summed E-state index contributed by atoms with van der Waals surface area (Å²) in [7, 11) is 0. The number of rotatable bonds is 5. The van der Waals surface area contributed by atoms with Gasteiger partial charge in [-0.1, -0.05) is 42.5 Å². The summed E-state index contributed by atoms with van der Waals surface area (Å²) in [5.74, 6) is 0.373. The predicted molar refractivity (Wildman–Crippen MR) is 94.9 cm³/mol. The monoisotopic (exact) mass is 324 g/mol. The van der Waals surface area contributed by atoms with E-state index in [1.165, 1.54) is 17.7 Å². The Balaban J connectivity index is 1.61. The zero-order valence-electron chi connectivity index (χ0n) is 13.4. The smallest absolute Gasteiger partial charge is 0.197 e. The van der Waals surface area contributed by atoms with Crippen LogP contribution in [-0.2, 0) is 12.8 Å². The molecule has 3 rings (SSSR count). The van der Waals surface area contributed by atoms with E-state index in [2.05, 4.69) is 27.8 Å². The maximum Gasteiger partial charge on any atom is 0.197 e. The van der Waals surface area contributed by atoms with E-state index in [-0.39, 0.29) is 5.82 Å². The molecule has 4 nitrogen and oxygen atoms in total. The second-order valence-electron chi connectivity index (χ2n) is 5.92. The standard InChI is InChI=1S/C19H21FN4/c20-17-8-4-7-16(13-17)14-19(21)10-12-23-18(24-19)22-11-9-15-5-2-1-3-6-15/h1-8,10,12-13H,9,11,14,21H2,(H2,22,23,24). The van der Waals surface area contributed by atoms with Gasteiger partial charge in [-0.05, 0) is 35.8 Å². The summed E-state index contributed by atoms with van der Waals surface area (Å²) < 4.78 is 13.3. The van der Waals surface area contributed by atoms with Gasteiger partial charge in [-0.3, -0.25) is 4.99 Å². The lowest BCUT2D eigenvalue weighted by Crippen LogP contribution is -2.61. The molecule has 0 radical (unpaired) electrons. The third-order valence-corrected chi connectivity index (χ3v) is 3.85. The van der Waals surface area contributed by atoms with Crippen LogP contribution in [-0.4, -0.2) is 18.2 Å². The zero-order chi connectivity index (χ0) is 16.8. The first kappa shape index (κ1) is 16.2. The molecule has 1 atom stereocenters. The maximum absolute atomic E-state index is 13.3. The van der Waals surface area contributed by atoms with Gasteiger partial charge in [-0.25, -0.2) is 4.39 Å². The molecule has 0 bridgehead atoms. The quantitative estimate of drug-likeness (QED) is 0.791. The minimum absolute atomic E-state index is 0.259. The molecule has 2 aromatic carbocycles. The second kappa shape index (κ2) is 7.27. The van der Waals surface area contributed by atoms with E-state index in [4.69, 9.17) is 5.73 Å². The van der Waals surface area contributed by atoms with Crippen LogP contribution in [0.1, 0.15) is 11.1 Å². The number of nitrogens with one attached hydrogen (secondary N) is 2. The Labute approximate surface area is 141 Å². The number of hydrogen-bond acceptors (Lipinski definition) is 2. The molecule has 0 saturated carbocycles. The van der Waals surface area contributed by atoms with Crippen molar-refractivity contribution in [1.82, 2.24) is 10.6 Å². The normalized spacial score (nSPS) is 21.3. The first-order chi connectivity index (χ1) is 11.6. The molecule has 1 aliphatic heterocycles. The third kappa shape index (κ3) is 4.43. The van der Waals surface area contributed by atoms with E-state index in [0.29, 0.717) is 18.9 Å². The van der Waals surface area contributed by atoms with E-state index in [1.54, 1.807) is 12.3 Å². The Morgan fingerprint density at radius 2 is 1.83 bits per heavy atom. The van der Waals surface area contributed by atoms with Crippen molar-refractivity contribution < 1.29 is 4.39 Å². The average molecular weight is 324 g/mol. The van der Waals surface area contributed by atoms with Crippen molar-refractivity contribution in [3.8, 4) is 0 Å². The minimum atomic E-state index is -0.787. The summed E-state index contributed by atoms with van der Waals surface area (Å²) in [6, 6.07) is 16.7. The lowest BCUT2D eigenvalue weighted by molar-refractivity contribution is 0.470. The molecule has 4 N–H and O–H groups in total. The van der Waals surface area contributed by atoms with E-state index in [9.17, 15) is 4.39 Å². The van der Waals surface area contributed by atoms with Crippen LogP contribution >= 0.6 is 0 Å². The molecular formula is C19H21FN4. The van der Waals surface area contributed by atoms with Crippen LogP contribution in [0, 0.1) is 5.82 Å². The fraction of sp³-hybridized carbons (Fsp3) is 0.211. The molecule has 0 amide bonds. The zero-order valence-corrected chi connectivity index (χ0v) is 13.4. The van der Waals surface area contributed by atoms with Crippen LogP contribution in [0.2, 0.25) is 0 Å². The van der Waals surface area contributed by atoms with Gasteiger partial charge in [-0.2, -0.15) is 0 Å². The third-order valence-electron chi connectivity index (χ3n) is 3.85. The molecule has 1 aliphatic rings. The Morgan fingerprint density at radius 1 is 1.04 bits per heavy atom. The maximum atomic E-state index is 13.3. The van der Waals surface area contributed by atoms with Crippen molar-refractivity contribution >= 4 is 5.96 Å². The van der Waals surface area contributed by atoms with Crippen molar-refractivity contribution in [1.29, 1.82) is 0 Å². The molecule has 0 saturated heterocycles. The van der Waals surface area contributed by atoms with Crippen molar-refractivity contribution in [2.75, 3.05) is 6.54 Å². The molecule has 1 heterocycles. The van der Waals surface area contributed by atoms with Crippen LogP contribution in [0.25, 0.3) is 0 Å². The molecular weight excluding hydrogens is 303 g/mol. The van der Waals surface area contributed by atoms with Gasteiger partial charge in [0.15, 0.2) is 5.96 Å². The van der Waals surface area contributed by atoms with Crippen molar-refractivity contribution in [3.05, 3.63) is 83.8 Å². The number of guanidine groups is 1. The highest BCUT2D eigenvalue weighted by atomic mass is 19.1. The number of halogens is 1. The van der Waals surface area contributed by atoms with Crippen LogP contribution < -0.4 is 16.4 Å². The summed E-state index contributed by atoms with van der Waals surface area (Å²) in [6.07, 6.45) is 4.94.